The number of carbonyl (C=O) groups is 1. The van der Waals surface area contributed by atoms with Crippen molar-refractivity contribution < 1.29 is 27.1 Å². The van der Waals surface area contributed by atoms with Crippen LogP contribution in [-0.2, 0) is 12.7 Å². The lowest BCUT2D eigenvalue weighted by Crippen LogP contribution is -2.26. The zero-order chi connectivity index (χ0) is 22.8. The molecule has 0 saturated carbocycles. The van der Waals surface area contributed by atoms with E-state index in [-0.39, 0.29) is 53.7 Å². The zero-order valence-corrected chi connectivity index (χ0v) is 17.5. The van der Waals surface area contributed by atoms with Crippen LogP contribution in [0.4, 0.5) is 13.2 Å². The first kappa shape index (κ1) is 22.8. The van der Waals surface area contributed by atoms with Crippen LogP contribution in [0.25, 0.3) is 22.4 Å². The molecule has 1 amide bonds. The van der Waals surface area contributed by atoms with Gasteiger partial charge in [0, 0.05) is 23.4 Å². The molecule has 2 aromatic heterocycles. The van der Waals surface area contributed by atoms with Crippen molar-refractivity contribution in [2.45, 2.75) is 32.7 Å². The molecule has 1 aromatic carbocycles. The number of carbonyl (C=O) groups excluding carboxylic acids is 1. The molecule has 0 atom stereocenters. The number of nitrogens with two attached hydrogens (primary N) is 1. The number of fused-ring (bicyclic) bond motifs is 1. The standard InChI is InChI=1S/C20H20ClF3N4O3/c1-10(2)30-13-5-3-12(11-4-6-15(20(22,23)24)27-16(11)13)19-28-17(14(9-25)31-19)18(29)26-8-7-21/h3-6,10H,7-9,25H2,1-2H3,(H,26,29). The van der Waals surface area contributed by atoms with Gasteiger partial charge in [-0.05, 0) is 38.1 Å². The van der Waals surface area contributed by atoms with Crippen LogP contribution in [0, 0.1) is 0 Å². The number of ether oxygens (including phenoxy) is 1. The number of halogens is 4. The molecule has 11 heteroatoms. The van der Waals surface area contributed by atoms with E-state index in [1.807, 2.05) is 0 Å². The minimum atomic E-state index is -4.62. The molecule has 0 spiro atoms. The molecular formula is C20H20ClF3N4O3. The molecule has 3 rings (SSSR count). The molecule has 3 N–H and O–H groups in total. The minimum Gasteiger partial charge on any atom is -0.489 e. The number of amides is 1. The molecule has 0 aliphatic carbocycles. The maximum atomic E-state index is 13.2. The molecule has 0 saturated heterocycles. The molecule has 2 heterocycles. The summed E-state index contributed by atoms with van der Waals surface area (Å²) in [4.78, 5) is 20.3. The van der Waals surface area contributed by atoms with Crippen molar-refractivity contribution in [2.24, 2.45) is 5.73 Å². The van der Waals surface area contributed by atoms with Gasteiger partial charge in [-0.2, -0.15) is 13.2 Å². The monoisotopic (exact) mass is 456 g/mol. The minimum absolute atomic E-state index is 0.00154. The third-order valence-corrected chi connectivity index (χ3v) is 4.37. The second kappa shape index (κ2) is 9.11. The second-order valence-corrected chi connectivity index (χ2v) is 7.19. The maximum absolute atomic E-state index is 13.2. The Balaban J connectivity index is 2.17. The molecule has 3 aromatic rings. The van der Waals surface area contributed by atoms with Gasteiger partial charge in [-0.1, -0.05) is 0 Å². The van der Waals surface area contributed by atoms with Gasteiger partial charge in [0.05, 0.1) is 12.6 Å². The normalized spacial score (nSPS) is 11.9. The van der Waals surface area contributed by atoms with E-state index in [0.29, 0.717) is 10.9 Å². The number of hydrogen-bond donors (Lipinski definition) is 2. The molecule has 0 bridgehead atoms. The predicted octanol–water partition coefficient (Wildman–Crippen LogP) is 4.12. The van der Waals surface area contributed by atoms with E-state index < -0.39 is 17.8 Å². The first-order valence-corrected chi connectivity index (χ1v) is 9.91. The molecule has 0 fully saturated rings. The summed E-state index contributed by atoms with van der Waals surface area (Å²) in [5.74, 6) is 0.0451. The summed E-state index contributed by atoms with van der Waals surface area (Å²) in [5.41, 5.74) is 4.95. The summed E-state index contributed by atoms with van der Waals surface area (Å²) in [6.07, 6.45) is -4.91. The lowest BCUT2D eigenvalue weighted by Gasteiger charge is -2.14. The summed E-state index contributed by atoms with van der Waals surface area (Å²) in [6.45, 7) is 3.63. The van der Waals surface area contributed by atoms with Gasteiger partial charge < -0.3 is 20.2 Å². The van der Waals surface area contributed by atoms with Gasteiger partial charge in [-0.3, -0.25) is 4.79 Å². The molecule has 7 nitrogen and oxygen atoms in total. The van der Waals surface area contributed by atoms with E-state index in [0.717, 1.165) is 6.07 Å². The quantitative estimate of drug-likeness (QED) is 0.518. The summed E-state index contributed by atoms with van der Waals surface area (Å²) in [6, 6.07) is 5.21. The fourth-order valence-electron chi connectivity index (χ4n) is 2.91. The van der Waals surface area contributed by atoms with Crippen LogP contribution in [0.5, 0.6) is 5.75 Å². The Kier molecular flexibility index (Phi) is 6.71. The molecular weight excluding hydrogens is 437 g/mol. The van der Waals surface area contributed by atoms with Crippen molar-refractivity contribution in [3.63, 3.8) is 0 Å². The van der Waals surface area contributed by atoms with E-state index in [1.165, 1.54) is 12.1 Å². The number of pyridine rings is 1. The van der Waals surface area contributed by atoms with Crippen molar-refractivity contribution >= 4 is 28.4 Å². The molecule has 0 unspecified atom stereocenters. The highest BCUT2D eigenvalue weighted by molar-refractivity contribution is 6.18. The van der Waals surface area contributed by atoms with Gasteiger partial charge in [-0.25, -0.2) is 9.97 Å². The van der Waals surface area contributed by atoms with E-state index in [2.05, 4.69) is 15.3 Å². The molecule has 0 aliphatic heterocycles. The Labute approximate surface area is 180 Å². The summed E-state index contributed by atoms with van der Waals surface area (Å²) >= 11 is 5.59. The molecule has 0 radical (unpaired) electrons. The molecule has 166 valence electrons. The number of alkyl halides is 4. The summed E-state index contributed by atoms with van der Waals surface area (Å²) < 4.78 is 51.0. The number of aromatic nitrogens is 2. The predicted molar refractivity (Wildman–Crippen MR) is 109 cm³/mol. The van der Waals surface area contributed by atoms with Crippen LogP contribution in [0.3, 0.4) is 0 Å². The van der Waals surface area contributed by atoms with E-state index in [9.17, 15) is 18.0 Å². The maximum Gasteiger partial charge on any atom is 0.433 e. The van der Waals surface area contributed by atoms with Gasteiger partial charge in [-0.15, -0.1) is 11.6 Å². The van der Waals surface area contributed by atoms with Crippen LogP contribution in [-0.4, -0.2) is 34.4 Å². The number of rotatable bonds is 7. The molecule has 31 heavy (non-hydrogen) atoms. The van der Waals surface area contributed by atoms with Crippen LogP contribution < -0.4 is 15.8 Å². The SMILES string of the molecule is CC(C)Oc1ccc(-c2nc(C(=O)NCCCl)c(CN)o2)c2ccc(C(F)(F)F)nc12. The average Bonchev–Trinajstić information content (AvgIpc) is 3.15. The van der Waals surface area contributed by atoms with Crippen LogP contribution >= 0.6 is 11.6 Å². The van der Waals surface area contributed by atoms with Crippen LogP contribution in [0.1, 0.15) is 35.8 Å². The van der Waals surface area contributed by atoms with Gasteiger partial charge in [0.15, 0.2) is 11.5 Å². The van der Waals surface area contributed by atoms with Gasteiger partial charge >= 0.3 is 6.18 Å². The second-order valence-electron chi connectivity index (χ2n) is 6.81. The fourth-order valence-corrected chi connectivity index (χ4v) is 3.01. The van der Waals surface area contributed by atoms with E-state index >= 15 is 0 Å². The van der Waals surface area contributed by atoms with Crippen molar-refractivity contribution in [3.8, 4) is 17.2 Å². The van der Waals surface area contributed by atoms with Crippen molar-refractivity contribution in [1.29, 1.82) is 0 Å². The van der Waals surface area contributed by atoms with E-state index in [4.69, 9.17) is 26.5 Å². The summed E-state index contributed by atoms with van der Waals surface area (Å²) in [5, 5.41) is 2.90. The van der Waals surface area contributed by atoms with Crippen molar-refractivity contribution in [1.82, 2.24) is 15.3 Å². The summed E-state index contributed by atoms with van der Waals surface area (Å²) in [7, 11) is 0. The van der Waals surface area contributed by atoms with Gasteiger partial charge in [0.2, 0.25) is 5.89 Å². The number of hydrogen-bond acceptors (Lipinski definition) is 6. The largest absolute Gasteiger partial charge is 0.489 e. The van der Waals surface area contributed by atoms with Crippen LogP contribution in [0.15, 0.2) is 28.7 Å². The number of oxazole rings is 1. The smallest absolute Gasteiger partial charge is 0.433 e. The fraction of sp³-hybridized carbons (Fsp3) is 0.350. The first-order valence-electron chi connectivity index (χ1n) is 9.37. The Morgan fingerprint density at radius 1 is 1.26 bits per heavy atom. The third kappa shape index (κ3) is 4.91. The number of nitrogens with zero attached hydrogens (tertiary/aromatic N) is 2. The van der Waals surface area contributed by atoms with Gasteiger partial charge in [0.1, 0.15) is 17.0 Å². The Morgan fingerprint density at radius 3 is 2.61 bits per heavy atom. The Morgan fingerprint density at radius 2 is 2.00 bits per heavy atom. The van der Waals surface area contributed by atoms with E-state index in [1.54, 1.807) is 19.9 Å². The lowest BCUT2D eigenvalue weighted by molar-refractivity contribution is -0.140. The molecule has 0 aliphatic rings. The lowest BCUT2D eigenvalue weighted by atomic mass is 10.1. The zero-order valence-electron chi connectivity index (χ0n) is 16.7. The van der Waals surface area contributed by atoms with Gasteiger partial charge in [0.25, 0.3) is 5.91 Å². The highest BCUT2D eigenvalue weighted by Crippen LogP contribution is 2.37. The topological polar surface area (TPSA) is 103 Å². The third-order valence-electron chi connectivity index (χ3n) is 4.18. The number of nitrogens with one attached hydrogen (secondary N) is 1. The Bertz CT molecular complexity index is 1100. The van der Waals surface area contributed by atoms with Crippen LogP contribution in [0.2, 0.25) is 0 Å². The Hall–Kier alpha value is -2.85. The highest BCUT2D eigenvalue weighted by atomic mass is 35.5. The number of benzene rings is 1. The van der Waals surface area contributed by atoms with Crippen molar-refractivity contribution in [2.75, 3.05) is 12.4 Å². The van der Waals surface area contributed by atoms with Crippen molar-refractivity contribution in [3.05, 3.63) is 41.4 Å². The average molecular weight is 457 g/mol. The highest BCUT2D eigenvalue weighted by Gasteiger charge is 2.33. The first-order chi connectivity index (χ1) is 14.7.